The van der Waals surface area contributed by atoms with E-state index in [1.165, 1.54) is 19.4 Å². The van der Waals surface area contributed by atoms with Crippen molar-refractivity contribution in [1.82, 2.24) is 4.90 Å². The topological polar surface area (TPSA) is 30.3 Å². The van der Waals surface area contributed by atoms with E-state index in [0.29, 0.717) is 0 Å². The normalized spacial score (nSPS) is 25.6. The molecular formula is C21H29N3. The minimum atomic E-state index is 0.753. The number of nitrogens with zero attached hydrogens (tertiary/aromatic N) is 3. The molecule has 3 rings (SSSR count). The summed E-state index contributed by atoms with van der Waals surface area (Å²) in [4.78, 5) is 4.99. The van der Waals surface area contributed by atoms with E-state index in [1.54, 1.807) is 0 Å². The largest absolute Gasteiger partial charge is 0.368 e. The SMILES string of the molecule is CCC(CN1CCN(c2ccccc2C#N)CC1)C1C=CC(C)C1. The zero-order chi connectivity index (χ0) is 16.9. The van der Waals surface area contributed by atoms with E-state index in [-0.39, 0.29) is 0 Å². The molecule has 0 bridgehead atoms. The van der Waals surface area contributed by atoms with Crippen LogP contribution in [0.3, 0.4) is 0 Å². The lowest BCUT2D eigenvalue weighted by Gasteiger charge is -2.38. The van der Waals surface area contributed by atoms with Crippen LogP contribution in [0.2, 0.25) is 0 Å². The molecule has 1 aromatic carbocycles. The van der Waals surface area contributed by atoms with Crippen molar-refractivity contribution in [1.29, 1.82) is 5.26 Å². The predicted molar refractivity (Wildman–Crippen MR) is 100 cm³/mol. The van der Waals surface area contributed by atoms with E-state index in [2.05, 4.69) is 47.9 Å². The van der Waals surface area contributed by atoms with Crippen molar-refractivity contribution in [3.05, 3.63) is 42.0 Å². The first-order valence-corrected chi connectivity index (χ1v) is 9.36. The van der Waals surface area contributed by atoms with Gasteiger partial charge in [0.15, 0.2) is 0 Å². The fourth-order valence-electron chi connectivity index (χ4n) is 4.18. The van der Waals surface area contributed by atoms with Crippen molar-refractivity contribution >= 4 is 5.69 Å². The zero-order valence-corrected chi connectivity index (χ0v) is 15.0. The molecule has 0 radical (unpaired) electrons. The van der Waals surface area contributed by atoms with Crippen molar-refractivity contribution < 1.29 is 0 Å². The lowest BCUT2D eigenvalue weighted by Crippen LogP contribution is -2.48. The van der Waals surface area contributed by atoms with Gasteiger partial charge >= 0.3 is 0 Å². The molecule has 0 N–H and O–H groups in total. The van der Waals surface area contributed by atoms with Crippen molar-refractivity contribution in [3.63, 3.8) is 0 Å². The molecule has 1 aromatic rings. The van der Waals surface area contributed by atoms with E-state index >= 15 is 0 Å². The molecule has 3 atom stereocenters. The average Bonchev–Trinajstić information content (AvgIpc) is 3.06. The highest BCUT2D eigenvalue weighted by Crippen LogP contribution is 2.32. The third kappa shape index (κ3) is 3.82. The molecule has 0 aromatic heterocycles. The molecule has 24 heavy (non-hydrogen) atoms. The number of rotatable bonds is 5. The van der Waals surface area contributed by atoms with Crippen LogP contribution in [0.5, 0.6) is 0 Å². The van der Waals surface area contributed by atoms with Crippen LogP contribution >= 0.6 is 0 Å². The van der Waals surface area contributed by atoms with Gasteiger partial charge in [-0.2, -0.15) is 5.26 Å². The quantitative estimate of drug-likeness (QED) is 0.769. The molecule has 3 nitrogen and oxygen atoms in total. The monoisotopic (exact) mass is 323 g/mol. The third-order valence-corrected chi connectivity index (χ3v) is 5.69. The maximum atomic E-state index is 9.30. The summed E-state index contributed by atoms with van der Waals surface area (Å²) in [5, 5.41) is 9.30. The number of benzene rings is 1. The Kier molecular flexibility index (Phi) is 5.58. The van der Waals surface area contributed by atoms with Crippen LogP contribution in [0.15, 0.2) is 36.4 Å². The fourth-order valence-corrected chi connectivity index (χ4v) is 4.18. The van der Waals surface area contributed by atoms with E-state index in [4.69, 9.17) is 0 Å². The molecule has 0 amide bonds. The van der Waals surface area contributed by atoms with Gasteiger partial charge in [-0.15, -0.1) is 0 Å². The molecule has 1 saturated heterocycles. The predicted octanol–water partition coefficient (Wildman–Crippen LogP) is 3.92. The van der Waals surface area contributed by atoms with Crippen molar-refractivity contribution in [2.24, 2.45) is 17.8 Å². The summed E-state index contributed by atoms with van der Waals surface area (Å²) in [6, 6.07) is 10.3. The smallest absolute Gasteiger partial charge is 0.101 e. The number of hydrogen-bond acceptors (Lipinski definition) is 3. The van der Waals surface area contributed by atoms with Crippen molar-refractivity contribution in [2.45, 2.75) is 26.7 Å². The maximum absolute atomic E-state index is 9.30. The minimum absolute atomic E-state index is 0.753. The second-order valence-electron chi connectivity index (χ2n) is 7.35. The van der Waals surface area contributed by atoms with Gasteiger partial charge in [-0.05, 0) is 36.3 Å². The molecule has 0 spiro atoms. The molecule has 0 saturated carbocycles. The van der Waals surface area contributed by atoms with Crippen molar-refractivity contribution in [3.8, 4) is 6.07 Å². The van der Waals surface area contributed by atoms with Gasteiger partial charge < -0.3 is 4.90 Å². The van der Waals surface area contributed by atoms with Crippen LogP contribution in [0.25, 0.3) is 0 Å². The second-order valence-corrected chi connectivity index (χ2v) is 7.35. The van der Waals surface area contributed by atoms with Gasteiger partial charge in [-0.25, -0.2) is 0 Å². The Balaban J connectivity index is 1.55. The standard InChI is InChI=1S/C21H29N3/c1-3-18(19-9-8-17(2)14-19)16-23-10-12-24(13-11-23)21-7-5-4-6-20(21)15-22/h4-9,17-19H,3,10-14,16H2,1-2H3. The highest BCUT2D eigenvalue weighted by molar-refractivity contribution is 5.59. The number of piperazine rings is 1. The van der Waals surface area contributed by atoms with Gasteiger partial charge in [0, 0.05) is 32.7 Å². The van der Waals surface area contributed by atoms with Gasteiger partial charge in [0.2, 0.25) is 0 Å². The fraction of sp³-hybridized carbons (Fsp3) is 0.571. The Bertz CT molecular complexity index is 608. The number of allylic oxidation sites excluding steroid dienone is 2. The molecule has 1 aliphatic carbocycles. The van der Waals surface area contributed by atoms with Crippen LogP contribution in [0.4, 0.5) is 5.69 Å². The average molecular weight is 323 g/mol. The first-order valence-electron chi connectivity index (χ1n) is 9.36. The van der Waals surface area contributed by atoms with Gasteiger partial charge in [0.25, 0.3) is 0 Å². The lowest BCUT2D eigenvalue weighted by atomic mass is 9.87. The summed E-state index contributed by atoms with van der Waals surface area (Å²) in [6.45, 7) is 10.1. The van der Waals surface area contributed by atoms with Crippen LogP contribution in [0, 0.1) is 29.1 Å². The molecule has 1 fully saturated rings. The summed E-state index contributed by atoms with van der Waals surface area (Å²) >= 11 is 0. The van der Waals surface area contributed by atoms with E-state index in [1.807, 2.05) is 18.2 Å². The molecule has 1 heterocycles. The summed E-state index contributed by atoms with van der Waals surface area (Å²) < 4.78 is 0. The van der Waals surface area contributed by atoms with Crippen molar-refractivity contribution in [2.75, 3.05) is 37.6 Å². The Labute approximate surface area is 146 Å². The Morgan fingerprint density at radius 2 is 1.92 bits per heavy atom. The molecule has 128 valence electrons. The summed E-state index contributed by atoms with van der Waals surface area (Å²) in [7, 11) is 0. The molecule has 2 aliphatic rings. The molecule has 3 unspecified atom stereocenters. The summed E-state index contributed by atoms with van der Waals surface area (Å²) in [5.41, 5.74) is 1.89. The van der Waals surface area contributed by atoms with E-state index < -0.39 is 0 Å². The van der Waals surface area contributed by atoms with E-state index in [0.717, 1.165) is 55.2 Å². The summed E-state index contributed by atoms with van der Waals surface area (Å²) in [6.07, 6.45) is 7.44. The number of anilines is 1. The number of nitriles is 1. The first-order chi connectivity index (χ1) is 11.7. The second kappa shape index (κ2) is 7.85. The van der Waals surface area contributed by atoms with Gasteiger partial charge in [-0.1, -0.05) is 44.6 Å². The van der Waals surface area contributed by atoms with Crippen LogP contribution in [0.1, 0.15) is 32.3 Å². The zero-order valence-electron chi connectivity index (χ0n) is 15.0. The van der Waals surface area contributed by atoms with Crippen LogP contribution in [-0.2, 0) is 0 Å². The highest BCUT2D eigenvalue weighted by atomic mass is 15.3. The van der Waals surface area contributed by atoms with Crippen LogP contribution < -0.4 is 4.90 Å². The summed E-state index contributed by atoms with van der Waals surface area (Å²) in [5.74, 6) is 2.30. The van der Waals surface area contributed by atoms with Gasteiger partial charge in [0.05, 0.1) is 11.3 Å². The highest BCUT2D eigenvalue weighted by Gasteiger charge is 2.27. The maximum Gasteiger partial charge on any atom is 0.101 e. The molecule has 1 aliphatic heterocycles. The minimum Gasteiger partial charge on any atom is -0.368 e. The lowest BCUT2D eigenvalue weighted by molar-refractivity contribution is 0.188. The third-order valence-electron chi connectivity index (χ3n) is 5.69. The molecule has 3 heteroatoms. The number of hydrogen-bond donors (Lipinski definition) is 0. The Morgan fingerprint density at radius 3 is 2.54 bits per heavy atom. The van der Waals surface area contributed by atoms with Gasteiger partial charge in [0.1, 0.15) is 6.07 Å². The Hall–Kier alpha value is -1.79. The van der Waals surface area contributed by atoms with E-state index in [9.17, 15) is 5.26 Å². The molecular weight excluding hydrogens is 294 g/mol. The van der Waals surface area contributed by atoms with Crippen LogP contribution in [-0.4, -0.2) is 37.6 Å². The number of para-hydroxylation sites is 1. The van der Waals surface area contributed by atoms with Gasteiger partial charge in [-0.3, -0.25) is 4.90 Å². The Morgan fingerprint density at radius 1 is 1.17 bits per heavy atom. The first kappa shape index (κ1) is 17.0.